The van der Waals surface area contributed by atoms with E-state index in [2.05, 4.69) is 40.8 Å². The maximum absolute atomic E-state index is 11.1. The molecule has 26 heavy (non-hydrogen) atoms. The summed E-state index contributed by atoms with van der Waals surface area (Å²) < 4.78 is 5.44. The normalized spacial score (nSPS) is 18.5. The molecular formula is C19H24ClN3O3. The van der Waals surface area contributed by atoms with Gasteiger partial charge >= 0.3 is 5.97 Å². The summed E-state index contributed by atoms with van der Waals surface area (Å²) in [5, 5.41) is 9.82. The van der Waals surface area contributed by atoms with E-state index >= 15 is 0 Å². The van der Waals surface area contributed by atoms with Gasteiger partial charge in [-0.25, -0.2) is 4.79 Å². The molecule has 2 aromatic rings. The van der Waals surface area contributed by atoms with Crippen molar-refractivity contribution in [1.29, 1.82) is 0 Å². The summed E-state index contributed by atoms with van der Waals surface area (Å²) >= 11 is 5.97. The van der Waals surface area contributed by atoms with Gasteiger partial charge in [0.1, 0.15) is 6.26 Å². The van der Waals surface area contributed by atoms with Crippen molar-refractivity contribution in [3.63, 3.8) is 0 Å². The van der Waals surface area contributed by atoms with Crippen LogP contribution in [0.4, 0.5) is 6.01 Å². The van der Waals surface area contributed by atoms with Crippen LogP contribution in [0.25, 0.3) is 0 Å². The lowest BCUT2D eigenvalue weighted by atomic mass is 10.00. The van der Waals surface area contributed by atoms with E-state index in [1.807, 2.05) is 12.1 Å². The molecule has 7 heteroatoms. The predicted octanol–water partition coefficient (Wildman–Crippen LogP) is 3.76. The molecule has 1 aromatic heterocycles. The van der Waals surface area contributed by atoms with E-state index in [4.69, 9.17) is 21.1 Å². The van der Waals surface area contributed by atoms with Crippen LogP contribution in [0.3, 0.4) is 0 Å². The highest BCUT2D eigenvalue weighted by Crippen LogP contribution is 2.25. The molecular weight excluding hydrogens is 354 g/mol. The second-order valence-corrected chi connectivity index (χ2v) is 7.60. The van der Waals surface area contributed by atoms with E-state index in [1.165, 1.54) is 11.8 Å². The number of oxazole rings is 1. The summed E-state index contributed by atoms with van der Waals surface area (Å²) in [6.45, 7) is 7.74. The Morgan fingerprint density at radius 2 is 2.08 bits per heavy atom. The van der Waals surface area contributed by atoms with Crippen molar-refractivity contribution in [1.82, 2.24) is 9.88 Å². The Morgan fingerprint density at radius 1 is 1.35 bits per heavy atom. The zero-order valence-electron chi connectivity index (χ0n) is 15.1. The van der Waals surface area contributed by atoms with E-state index in [0.717, 1.165) is 37.6 Å². The van der Waals surface area contributed by atoms with Crippen LogP contribution in [0.1, 0.15) is 36.3 Å². The highest BCUT2D eigenvalue weighted by molar-refractivity contribution is 6.30. The number of benzene rings is 1. The summed E-state index contributed by atoms with van der Waals surface area (Å²) in [5.41, 5.74) is 1.18. The molecule has 140 valence electrons. The number of halogens is 1. The fourth-order valence-electron chi connectivity index (χ4n) is 3.40. The van der Waals surface area contributed by atoms with Gasteiger partial charge in [-0.3, -0.25) is 4.90 Å². The van der Waals surface area contributed by atoms with Gasteiger partial charge in [-0.05, 0) is 30.0 Å². The number of nitrogens with zero attached hydrogens (tertiary/aromatic N) is 3. The lowest BCUT2D eigenvalue weighted by molar-refractivity contribution is 0.0690. The van der Waals surface area contributed by atoms with Crippen molar-refractivity contribution in [2.75, 3.05) is 24.5 Å². The average molecular weight is 378 g/mol. The minimum atomic E-state index is -1.07. The molecule has 1 aliphatic rings. The molecule has 0 amide bonds. The summed E-state index contributed by atoms with van der Waals surface area (Å²) in [4.78, 5) is 19.7. The number of carboxylic acids is 1. The van der Waals surface area contributed by atoms with Gasteiger partial charge in [-0.2, -0.15) is 4.98 Å². The number of hydrogen-bond donors (Lipinski definition) is 1. The van der Waals surface area contributed by atoms with Crippen LogP contribution in [-0.4, -0.2) is 46.6 Å². The van der Waals surface area contributed by atoms with Crippen molar-refractivity contribution in [2.45, 2.75) is 32.9 Å². The zero-order chi connectivity index (χ0) is 18.7. The highest BCUT2D eigenvalue weighted by atomic mass is 35.5. The third-order valence-electron chi connectivity index (χ3n) is 4.59. The fourth-order valence-corrected chi connectivity index (χ4v) is 3.53. The summed E-state index contributed by atoms with van der Waals surface area (Å²) in [6.07, 6.45) is 2.20. The van der Waals surface area contributed by atoms with Crippen LogP contribution in [0.2, 0.25) is 5.02 Å². The van der Waals surface area contributed by atoms with Crippen LogP contribution >= 0.6 is 11.6 Å². The maximum atomic E-state index is 11.1. The molecule has 0 spiro atoms. The van der Waals surface area contributed by atoms with Crippen molar-refractivity contribution >= 4 is 23.6 Å². The van der Waals surface area contributed by atoms with Gasteiger partial charge in [0, 0.05) is 37.2 Å². The van der Waals surface area contributed by atoms with Crippen LogP contribution in [-0.2, 0) is 6.54 Å². The predicted molar refractivity (Wildman–Crippen MR) is 101 cm³/mol. The molecule has 0 radical (unpaired) electrons. The second-order valence-electron chi connectivity index (χ2n) is 7.16. The summed E-state index contributed by atoms with van der Waals surface area (Å²) in [5.74, 6) is -0.548. The Labute approximate surface area is 158 Å². The molecule has 0 bridgehead atoms. The van der Waals surface area contributed by atoms with Crippen LogP contribution in [0, 0.1) is 5.92 Å². The number of aromatic carboxylic acids is 1. The number of hydrogen-bond acceptors (Lipinski definition) is 5. The first-order valence-corrected chi connectivity index (χ1v) is 9.22. The molecule has 1 saturated heterocycles. The number of rotatable bonds is 6. The van der Waals surface area contributed by atoms with E-state index in [9.17, 15) is 4.79 Å². The van der Waals surface area contributed by atoms with Crippen LogP contribution < -0.4 is 4.90 Å². The molecule has 1 aromatic carbocycles. The van der Waals surface area contributed by atoms with Gasteiger partial charge in [0.25, 0.3) is 6.01 Å². The third kappa shape index (κ3) is 4.56. The topological polar surface area (TPSA) is 69.8 Å². The van der Waals surface area contributed by atoms with E-state index in [1.54, 1.807) is 0 Å². The first-order chi connectivity index (χ1) is 12.4. The van der Waals surface area contributed by atoms with Gasteiger partial charge in [0.05, 0.1) is 0 Å². The largest absolute Gasteiger partial charge is 0.476 e. The number of carboxylic acid groups (broad SMARTS) is 1. The number of piperazine rings is 1. The Kier molecular flexibility index (Phi) is 5.84. The summed E-state index contributed by atoms with van der Waals surface area (Å²) in [7, 11) is 0. The highest BCUT2D eigenvalue weighted by Gasteiger charge is 2.31. The maximum Gasteiger partial charge on any atom is 0.357 e. The molecule has 2 heterocycles. The van der Waals surface area contributed by atoms with Crippen LogP contribution in [0.15, 0.2) is 34.9 Å². The minimum Gasteiger partial charge on any atom is -0.476 e. The molecule has 0 aliphatic carbocycles. The molecule has 3 rings (SSSR count). The van der Waals surface area contributed by atoms with E-state index in [0.29, 0.717) is 11.9 Å². The lowest BCUT2D eigenvalue weighted by Crippen LogP contribution is -2.53. The zero-order valence-corrected chi connectivity index (χ0v) is 15.8. The second kappa shape index (κ2) is 8.10. The van der Waals surface area contributed by atoms with Gasteiger partial charge in [0.15, 0.2) is 5.69 Å². The molecule has 1 N–H and O–H groups in total. The smallest absolute Gasteiger partial charge is 0.357 e. The Bertz CT molecular complexity index is 745. The first kappa shape index (κ1) is 18.7. The Morgan fingerprint density at radius 3 is 2.69 bits per heavy atom. The number of carbonyl (C=O) groups is 1. The third-order valence-corrected chi connectivity index (χ3v) is 4.84. The van der Waals surface area contributed by atoms with Gasteiger partial charge < -0.3 is 14.4 Å². The monoisotopic (exact) mass is 377 g/mol. The number of anilines is 1. The SMILES string of the molecule is CC(C)CC1CN(Cc2ccc(Cl)cc2)CCN1c1nc(C(=O)O)co1. The number of aromatic nitrogens is 1. The quantitative estimate of drug-likeness (QED) is 0.826. The van der Waals surface area contributed by atoms with Crippen molar-refractivity contribution < 1.29 is 14.3 Å². The van der Waals surface area contributed by atoms with Crippen molar-refractivity contribution in [3.05, 3.63) is 46.8 Å². The van der Waals surface area contributed by atoms with Gasteiger partial charge in [0.2, 0.25) is 0 Å². The van der Waals surface area contributed by atoms with Gasteiger partial charge in [-0.1, -0.05) is 37.6 Å². The lowest BCUT2D eigenvalue weighted by Gasteiger charge is -2.41. The van der Waals surface area contributed by atoms with E-state index in [-0.39, 0.29) is 11.7 Å². The first-order valence-electron chi connectivity index (χ1n) is 8.84. The standard InChI is InChI=1S/C19H24ClN3O3/c1-13(2)9-16-11-22(10-14-3-5-15(20)6-4-14)7-8-23(16)19-21-17(12-26-19)18(24)25/h3-6,12-13,16H,7-11H2,1-2H3,(H,24,25). The molecule has 1 atom stereocenters. The minimum absolute atomic E-state index is 0.0492. The molecule has 1 aliphatic heterocycles. The summed E-state index contributed by atoms with van der Waals surface area (Å²) in [6, 6.07) is 8.58. The molecule has 1 fully saturated rings. The Hall–Kier alpha value is -2.05. The average Bonchev–Trinajstić information content (AvgIpc) is 3.07. The molecule has 1 unspecified atom stereocenters. The van der Waals surface area contributed by atoms with Gasteiger partial charge in [-0.15, -0.1) is 0 Å². The molecule has 6 nitrogen and oxygen atoms in total. The van der Waals surface area contributed by atoms with Crippen molar-refractivity contribution in [3.8, 4) is 0 Å². The van der Waals surface area contributed by atoms with E-state index < -0.39 is 5.97 Å². The Balaban J connectivity index is 1.71. The van der Waals surface area contributed by atoms with Crippen LogP contribution in [0.5, 0.6) is 0 Å². The molecule has 0 saturated carbocycles. The van der Waals surface area contributed by atoms with Crippen molar-refractivity contribution in [2.24, 2.45) is 5.92 Å². The fraction of sp³-hybridized carbons (Fsp3) is 0.474.